The third-order valence-electron chi connectivity index (χ3n) is 15.6. The van der Waals surface area contributed by atoms with Crippen LogP contribution in [0.25, 0.3) is 0 Å². The van der Waals surface area contributed by atoms with Gasteiger partial charge in [0.15, 0.2) is 0 Å². The van der Waals surface area contributed by atoms with Crippen LogP contribution in [-0.4, -0.2) is 74.6 Å². The zero-order valence-electron chi connectivity index (χ0n) is 70.5. The summed E-state index contributed by atoms with van der Waals surface area (Å²) < 4.78 is 0. The highest BCUT2D eigenvalue weighted by molar-refractivity contribution is 6.02. The van der Waals surface area contributed by atoms with Crippen LogP contribution in [0.4, 0.5) is 0 Å². The lowest BCUT2D eigenvalue weighted by Crippen LogP contribution is -2.03. The molecule has 0 aliphatic rings. The Morgan fingerprint density at radius 3 is 0.686 bits per heavy atom. The fourth-order valence-corrected chi connectivity index (χ4v) is 10.4. The minimum Gasteiger partial charge on any atom is -0.167 e. The van der Waals surface area contributed by atoms with E-state index in [1.165, 1.54) is 89.0 Å². The van der Waals surface area contributed by atoms with Crippen molar-refractivity contribution in [3.8, 4) is 0 Å². The number of benzene rings is 6. The maximum Gasteiger partial charge on any atom is 0.0674 e. The molecule has 0 amide bonds. The fraction of sp³-hybridized carbons (Fsp3) is 0.467. The lowest BCUT2D eigenvalue weighted by molar-refractivity contribution is 1.03. The Morgan fingerprint density at radius 2 is 0.461 bits per heavy atom. The van der Waals surface area contributed by atoms with E-state index in [0.29, 0.717) is 0 Å². The highest BCUT2D eigenvalue weighted by Gasteiger charge is 2.11. The van der Waals surface area contributed by atoms with Crippen molar-refractivity contribution in [3.63, 3.8) is 0 Å². The minimum absolute atomic E-state index is 0.919. The first kappa shape index (κ1) is 104. The molecule has 0 spiro atoms. The van der Waals surface area contributed by atoms with Crippen molar-refractivity contribution in [2.24, 2.45) is 61.2 Å². The van der Waals surface area contributed by atoms with Gasteiger partial charge in [-0.25, -0.2) is 0 Å². The van der Waals surface area contributed by atoms with Gasteiger partial charge in [-0.3, -0.25) is 0 Å². The van der Waals surface area contributed by atoms with Crippen LogP contribution in [0.15, 0.2) is 170 Å². The van der Waals surface area contributed by atoms with Gasteiger partial charge in [-0.2, -0.15) is 61.2 Å². The van der Waals surface area contributed by atoms with Crippen molar-refractivity contribution in [3.05, 3.63) is 209 Å². The van der Waals surface area contributed by atoms with Gasteiger partial charge in [-0.15, -0.1) is 0 Å². The molecule has 0 saturated carbocycles. The van der Waals surface area contributed by atoms with E-state index >= 15 is 0 Å². The number of rotatable bonds is 24. The van der Waals surface area contributed by atoms with Gasteiger partial charge in [-0.05, 0) is 221 Å². The molecule has 0 fully saturated rings. The molecule has 0 saturated heterocycles. The van der Waals surface area contributed by atoms with Crippen molar-refractivity contribution < 1.29 is 0 Å². The van der Waals surface area contributed by atoms with E-state index < -0.39 is 0 Å². The first-order valence-electron chi connectivity index (χ1n) is 38.1. The van der Waals surface area contributed by atoms with Crippen molar-refractivity contribution in [2.75, 3.05) is 0 Å². The number of nitrogens with zero attached hydrogens (tertiary/aromatic N) is 12. The van der Waals surface area contributed by atoms with E-state index in [9.17, 15) is 0 Å². The van der Waals surface area contributed by atoms with Crippen LogP contribution < -0.4 is 0 Å². The van der Waals surface area contributed by atoms with E-state index in [1.807, 2.05) is 125 Å². The number of hydrogen-bond acceptors (Lipinski definition) is 12. The van der Waals surface area contributed by atoms with Gasteiger partial charge in [0.2, 0.25) is 0 Å². The zero-order chi connectivity index (χ0) is 79.6. The van der Waals surface area contributed by atoms with E-state index in [4.69, 9.17) is 0 Å². The molecule has 12 heteroatoms. The van der Waals surface area contributed by atoms with E-state index in [1.54, 1.807) is 0 Å². The van der Waals surface area contributed by atoms with Crippen LogP contribution >= 0.6 is 0 Å². The summed E-state index contributed by atoms with van der Waals surface area (Å²) in [6.07, 6.45) is 12.6. The largest absolute Gasteiger partial charge is 0.167 e. The molecule has 0 N–H and O–H groups in total. The summed E-state index contributed by atoms with van der Waals surface area (Å²) in [5.74, 6) is 0. The van der Waals surface area contributed by atoms with E-state index in [-0.39, 0.29) is 0 Å². The van der Waals surface area contributed by atoms with Crippen LogP contribution in [0.5, 0.6) is 0 Å². The normalized spacial score (nSPS) is 10.5. The molecular formula is C90H144N12. The average molecular weight is 1390 g/mol. The Bertz CT molecular complexity index is 3170. The Labute approximate surface area is 626 Å². The van der Waals surface area contributed by atoms with E-state index in [0.717, 1.165) is 122 Å². The maximum absolute atomic E-state index is 4.01. The molecular weight excluding hydrogens is 1250 g/mol. The summed E-state index contributed by atoms with van der Waals surface area (Å²) in [6, 6.07) is 38.8. The Hall–Kier alpha value is -8.64. The van der Waals surface area contributed by atoms with Gasteiger partial charge in [0.05, 0.1) is 34.3 Å². The monoisotopic (exact) mass is 1390 g/mol. The molecule has 6 aromatic rings. The molecule has 0 bridgehead atoms. The molecule has 6 aromatic carbocycles. The molecule has 564 valence electrons. The third-order valence-corrected chi connectivity index (χ3v) is 15.6. The second-order valence-electron chi connectivity index (χ2n) is 21.0. The highest BCUT2D eigenvalue weighted by atomic mass is 15.2. The van der Waals surface area contributed by atoms with Crippen molar-refractivity contribution in [1.29, 1.82) is 0 Å². The standard InChI is InChI=1S/6C13H18N2.6C2H6/c2*1-5-11-7-8-13(9-12(11)6-2)10(3)15-14-4;2*1-5-11-7-8-12(6-2)13(9-11)10(3)15-14-4;2*1-5-11-8-7-9-13(12(11)6-2)10(3)15-14-4;6*1-2/h6*7-9H,4-6H2,1-3H3;6*1-2H3/b6*15-10+;;;;;;. The molecule has 0 heterocycles. The van der Waals surface area contributed by atoms with Gasteiger partial charge in [0, 0.05) is 62.6 Å². The molecule has 0 atom stereocenters. The first-order chi connectivity index (χ1) is 49.4. The molecule has 0 aliphatic carbocycles. The van der Waals surface area contributed by atoms with Gasteiger partial charge in [0.1, 0.15) is 0 Å². The molecule has 0 aromatic heterocycles. The fourth-order valence-electron chi connectivity index (χ4n) is 10.4. The van der Waals surface area contributed by atoms with Crippen LogP contribution in [0.1, 0.15) is 308 Å². The number of aryl methyl sites for hydroxylation is 10. The summed E-state index contributed by atoms with van der Waals surface area (Å²) in [6.45, 7) is 82.1. The lowest BCUT2D eigenvalue weighted by Gasteiger charge is -2.11. The van der Waals surface area contributed by atoms with Crippen LogP contribution in [-0.2, 0) is 77.0 Å². The Kier molecular flexibility index (Phi) is 71.0. The molecule has 0 radical (unpaired) electrons. The topological polar surface area (TPSA) is 148 Å². The van der Waals surface area contributed by atoms with Gasteiger partial charge in [-0.1, -0.05) is 251 Å². The second kappa shape index (κ2) is 69.4. The summed E-state index contributed by atoms with van der Waals surface area (Å²) in [4.78, 5) is 0. The van der Waals surface area contributed by atoms with Gasteiger partial charge in [0.25, 0.3) is 0 Å². The zero-order valence-corrected chi connectivity index (χ0v) is 70.5. The summed E-state index contributed by atoms with van der Waals surface area (Å²) in [5, 5.41) is 45.4. The maximum atomic E-state index is 4.01. The van der Waals surface area contributed by atoms with E-state index in [2.05, 4.69) is 294 Å². The molecule has 6 rings (SSSR count). The van der Waals surface area contributed by atoms with Crippen molar-refractivity contribution >= 4 is 74.6 Å². The van der Waals surface area contributed by atoms with Gasteiger partial charge >= 0.3 is 0 Å². The average Bonchev–Trinajstić information content (AvgIpc) is 0.897. The Morgan fingerprint density at radius 1 is 0.225 bits per heavy atom. The Balaban J connectivity index is -0.000000263. The lowest BCUT2D eigenvalue weighted by atomic mass is 9.95. The van der Waals surface area contributed by atoms with Crippen LogP contribution in [0, 0.1) is 0 Å². The quantitative estimate of drug-likeness (QED) is 0.0419. The summed E-state index contributed by atoms with van der Waals surface area (Å²) >= 11 is 0. The molecule has 0 aliphatic heterocycles. The highest BCUT2D eigenvalue weighted by Crippen LogP contribution is 2.21. The predicted molar refractivity (Wildman–Crippen MR) is 470 cm³/mol. The third kappa shape index (κ3) is 39.5. The minimum atomic E-state index is 0.919. The van der Waals surface area contributed by atoms with Crippen molar-refractivity contribution in [1.82, 2.24) is 0 Å². The predicted octanol–water partition coefficient (Wildman–Crippen LogP) is 25.6. The molecule has 12 nitrogen and oxygen atoms in total. The van der Waals surface area contributed by atoms with Gasteiger partial charge < -0.3 is 0 Å². The van der Waals surface area contributed by atoms with Crippen molar-refractivity contribution in [2.45, 2.75) is 285 Å². The second-order valence-corrected chi connectivity index (χ2v) is 21.0. The van der Waals surface area contributed by atoms with Crippen LogP contribution in [0.2, 0.25) is 0 Å². The first-order valence-corrected chi connectivity index (χ1v) is 38.1. The summed E-state index contributed by atoms with van der Waals surface area (Å²) in [7, 11) is 0. The van der Waals surface area contributed by atoms with Crippen LogP contribution in [0.3, 0.4) is 0 Å². The summed E-state index contributed by atoms with van der Waals surface area (Å²) in [5.41, 5.74) is 29.2. The number of hydrogen-bond donors (Lipinski definition) is 0. The smallest absolute Gasteiger partial charge is 0.0674 e. The SMILES string of the molecule is C=N/N=C(\C)c1cc(CC)ccc1CC.C=N/N=C(\C)c1cc(CC)ccc1CC.C=N/N=C(\C)c1ccc(CC)c(CC)c1.C=N/N=C(\C)c1ccc(CC)c(CC)c1.C=N/N=C(\C)c1cccc(CC)c1CC.C=N/N=C(\C)c1cccc(CC)c1CC.CC.CC.CC.CC.CC.CC. The molecule has 102 heavy (non-hydrogen) atoms. The molecule has 0 unspecified atom stereocenters.